The molecule has 0 atom stereocenters. The fourth-order valence-electron chi connectivity index (χ4n) is 1.76. The summed E-state index contributed by atoms with van der Waals surface area (Å²) < 4.78 is 1.82. The van der Waals surface area contributed by atoms with Crippen molar-refractivity contribution in [1.29, 1.82) is 0 Å². The van der Waals surface area contributed by atoms with Gasteiger partial charge in [-0.1, -0.05) is 11.6 Å². The van der Waals surface area contributed by atoms with E-state index in [-0.39, 0.29) is 5.56 Å². The van der Waals surface area contributed by atoms with E-state index < -0.39 is 5.97 Å². The number of nitrogens with zero attached hydrogens (tertiary/aromatic N) is 2. The molecule has 1 heterocycles. The zero-order valence-corrected chi connectivity index (χ0v) is 11.2. The van der Waals surface area contributed by atoms with Gasteiger partial charge in [-0.05, 0) is 24.3 Å². The van der Waals surface area contributed by atoms with Crippen molar-refractivity contribution in [3.05, 3.63) is 46.7 Å². The monoisotopic (exact) mass is 279 g/mol. The van der Waals surface area contributed by atoms with Gasteiger partial charge in [0.05, 0.1) is 16.3 Å². The number of aromatic carboxylic acids is 1. The van der Waals surface area contributed by atoms with Crippen molar-refractivity contribution >= 4 is 23.3 Å². The number of benzene rings is 1. The van der Waals surface area contributed by atoms with Crippen molar-refractivity contribution in [2.45, 2.75) is 6.42 Å². The van der Waals surface area contributed by atoms with Gasteiger partial charge in [0.25, 0.3) is 0 Å². The summed E-state index contributed by atoms with van der Waals surface area (Å²) in [6.07, 6.45) is 2.57. The molecule has 5 nitrogen and oxygen atoms in total. The smallest absolute Gasteiger partial charge is 0.335 e. The van der Waals surface area contributed by atoms with Crippen molar-refractivity contribution in [1.82, 2.24) is 9.78 Å². The number of halogens is 1. The molecule has 0 amide bonds. The van der Waals surface area contributed by atoms with E-state index in [0.29, 0.717) is 11.6 Å². The van der Waals surface area contributed by atoms with Crippen LogP contribution in [0.4, 0.5) is 5.69 Å². The van der Waals surface area contributed by atoms with Crippen molar-refractivity contribution in [2.75, 3.05) is 11.9 Å². The summed E-state index contributed by atoms with van der Waals surface area (Å²) in [7, 11) is 1.89. The molecule has 1 aromatic carbocycles. The zero-order valence-electron chi connectivity index (χ0n) is 10.4. The Labute approximate surface area is 115 Å². The number of carbonyl (C=O) groups is 1. The summed E-state index contributed by atoms with van der Waals surface area (Å²) in [4.78, 5) is 10.8. The van der Waals surface area contributed by atoms with Crippen LogP contribution in [-0.2, 0) is 13.5 Å². The van der Waals surface area contributed by atoms with E-state index in [1.165, 1.54) is 12.1 Å². The molecule has 19 heavy (non-hydrogen) atoms. The van der Waals surface area contributed by atoms with E-state index in [2.05, 4.69) is 10.4 Å². The van der Waals surface area contributed by atoms with Gasteiger partial charge in [-0.25, -0.2) is 4.79 Å². The highest BCUT2D eigenvalue weighted by Crippen LogP contribution is 2.23. The predicted molar refractivity (Wildman–Crippen MR) is 73.8 cm³/mol. The first kappa shape index (κ1) is 13.4. The summed E-state index contributed by atoms with van der Waals surface area (Å²) in [6, 6.07) is 6.60. The SMILES string of the molecule is Cn1nccc1CCNc1ccc(C(=O)O)cc1Cl. The molecule has 0 radical (unpaired) electrons. The summed E-state index contributed by atoms with van der Waals surface area (Å²) >= 11 is 6.02. The molecule has 0 unspecified atom stereocenters. The second-order valence-electron chi connectivity index (χ2n) is 4.12. The number of carboxylic acid groups (broad SMARTS) is 1. The third kappa shape index (κ3) is 3.26. The number of aryl methyl sites for hydroxylation is 1. The lowest BCUT2D eigenvalue weighted by Gasteiger charge is -2.09. The van der Waals surface area contributed by atoms with E-state index >= 15 is 0 Å². The lowest BCUT2D eigenvalue weighted by atomic mass is 10.2. The maximum atomic E-state index is 10.8. The Morgan fingerprint density at radius 1 is 1.47 bits per heavy atom. The Hall–Kier alpha value is -2.01. The maximum Gasteiger partial charge on any atom is 0.335 e. The summed E-state index contributed by atoms with van der Waals surface area (Å²) in [5, 5.41) is 16.5. The highest BCUT2D eigenvalue weighted by atomic mass is 35.5. The standard InChI is InChI=1S/C13H14ClN3O2/c1-17-10(5-7-16-17)4-6-15-12-3-2-9(13(18)19)8-11(12)14/h2-3,5,7-8,15H,4,6H2,1H3,(H,18,19). The minimum Gasteiger partial charge on any atom is -0.478 e. The predicted octanol–water partition coefficient (Wildman–Crippen LogP) is 2.43. The van der Waals surface area contributed by atoms with E-state index in [1.807, 2.05) is 17.8 Å². The summed E-state index contributed by atoms with van der Waals surface area (Å²) in [6.45, 7) is 0.700. The maximum absolute atomic E-state index is 10.8. The molecular weight excluding hydrogens is 266 g/mol. The Bertz CT molecular complexity index is 595. The fraction of sp³-hybridized carbons (Fsp3) is 0.231. The van der Waals surface area contributed by atoms with E-state index in [9.17, 15) is 4.79 Å². The van der Waals surface area contributed by atoms with E-state index in [1.54, 1.807) is 12.3 Å². The van der Waals surface area contributed by atoms with Gasteiger partial charge < -0.3 is 10.4 Å². The molecule has 0 saturated carbocycles. The highest BCUT2D eigenvalue weighted by Gasteiger charge is 2.07. The van der Waals surface area contributed by atoms with Gasteiger partial charge in [0.2, 0.25) is 0 Å². The Morgan fingerprint density at radius 2 is 2.26 bits per heavy atom. The summed E-state index contributed by atoms with van der Waals surface area (Å²) in [5.74, 6) is -0.983. The van der Waals surface area contributed by atoms with E-state index in [4.69, 9.17) is 16.7 Å². The van der Waals surface area contributed by atoms with Gasteiger partial charge in [0.1, 0.15) is 0 Å². The third-order valence-electron chi connectivity index (χ3n) is 2.84. The Balaban J connectivity index is 1.96. The zero-order chi connectivity index (χ0) is 13.8. The quantitative estimate of drug-likeness (QED) is 0.882. The first-order valence-electron chi connectivity index (χ1n) is 5.81. The normalized spacial score (nSPS) is 10.4. The molecule has 6 heteroatoms. The number of nitrogens with one attached hydrogen (secondary N) is 1. The molecule has 0 aliphatic heterocycles. The number of hydrogen-bond donors (Lipinski definition) is 2. The second kappa shape index (κ2) is 5.75. The van der Waals surface area contributed by atoms with Crippen LogP contribution in [0, 0.1) is 0 Å². The van der Waals surface area contributed by atoms with E-state index in [0.717, 1.165) is 17.8 Å². The van der Waals surface area contributed by atoms with Gasteiger partial charge in [-0.2, -0.15) is 5.10 Å². The Morgan fingerprint density at radius 3 is 2.84 bits per heavy atom. The van der Waals surface area contributed by atoms with Crippen molar-refractivity contribution in [2.24, 2.45) is 7.05 Å². The van der Waals surface area contributed by atoms with Crippen LogP contribution in [-0.4, -0.2) is 27.4 Å². The molecule has 0 aliphatic rings. The molecule has 0 aliphatic carbocycles. The van der Waals surface area contributed by atoms with Gasteiger partial charge >= 0.3 is 5.97 Å². The van der Waals surface area contributed by atoms with Crippen LogP contribution in [0.1, 0.15) is 16.1 Å². The van der Waals surface area contributed by atoms with Crippen molar-refractivity contribution in [3.8, 4) is 0 Å². The highest BCUT2D eigenvalue weighted by molar-refractivity contribution is 6.33. The lowest BCUT2D eigenvalue weighted by Crippen LogP contribution is -2.09. The fourth-order valence-corrected chi connectivity index (χ4v) is 2.01. The first-order valence-corrected chi connectivity index (χ1v) is 6.19. The van der Waals surface area contributed by atoms with Gasteiger partial charge in [0, 0.05) is 31.9 Å². The van der Waals surface area contributed by atoms with Crippen LogP contribution in [0.5, 0.6) is 0 Å². The molecule has 1 aromatic heterocycles. The Kier molecular flexibility index (Phi) is 4.06. The van der Waals surface area contributed by atoms with Crippen LogP contribution in [0.25, 0.3) is 0 Å². The van der Waals surface area contributed by atoms with Crippen molar-refractivity contribution < 1.29 is 9.90 Å². The minimum atomic E-state index is -0.983. The minimum absolute atomic E-state index is 0.183. The number of rotatable bonds is 5. The first-order chi connectivity index (χ1) is 9.08. The average molecular weight is 280 g/mol. The lowest BCUT2D eigenvalue weighted by molar-refractivity contribution is 0.0697. The molecular formula is C13H14ClN3O2. The van der Waals surface area contributed by atoms with Crippen LogP contribution >= 0.6 is 11.6 Å². The van der Waals surface area contributed by atoms with Crippen LogP contribution < -0.4 is 5.32 Å². The number of carboxylic acids is 1. The van der Waals surface area contributed by atoms with Gasteiger partial charge in [0.15, 0.2) is 0 Å². The molecule has 0 spiro atoms. The topological polar surface area (TPSA) is 67.2 Å². The number of anilines is 1. The third-order valence-corrected chi connectivity index (χ3v) is 3.15. The molecule has 2 rings (SSSR count). The molecule has 0 fully saturated rings. The van der Waals surface area contributed by atoms with Crippen molar-refractivity contribution in [3.63, 3.8) is 0 Å². The molecule has 2 N–H and O–H groups in total. The molecule has 0 bridgehead atoms. The van der Waals surface area contributed by atoms with Crippen LogP contribution in [0.15, 0.2) is 30.5 Å². The largest absolute Gasteiger partial charge is 0.478 e. The average Bonchev–Trinajstić information content (AvgIpc) is 2.77. The van der Waals surface area contributed by atoms with Gasteiger partial charge in [-0.15, -0.1) is 0 Å². The number of aromatic nitrogens is 2. The summed E-state index contributed by atoms with van der Waals surface area (Å²) in [5.41, 5.74) is 2.03. The second-order valence-corrected chi connectivity index (χ2v) is 4.53. The number of hydrogen-bond acceptors (Lipinski definition) is 3. The van der Waals surface area contributed by atoms with Crippen LogP contribution in [0.3, 0.4) is 0 Å². The molecule has 2 aromatic rings. The molecule has 0 saturated heterocycles. The molecule has 100 valence electrons. The van der Waals surface area contributed by atoms with Gasteiger partial charge in [-0.3, -0.25) is 4.68 Å². The van der Waals surface area contributed by atoms with Crippen LogP contribution in [0.2, 0.25) is 5.02 Å².